The molecule has 0 heterocycles. The van der Waals surface area contributed by atoms with Crippen LogP contribution in [0, 0.1) is 28.1 Å². The molecule has 172 valence electrons. The Labute approximate surface area is 183 Å². The zero-order valence-electron chi connectivity index (χ0n) is 20.7. The SMILES string of the molecule is CCC(CCC(C)(C)C(=O)OC(C)(C)C)C(=O)OC12CC3CC(C)(CC(C)(C3)C1)C2. The van der Waals surface area contributed by atoms with Crippen LogP contribution in [-0.2, 0) is 19.1 Å². The minimum Gasteiger partial charge on any atom is -0.460 e. The lowest BCUT2D eigenvalue weighted by molar-refractivity contribution is -0.219. The number of rotatable bonds is 7. The number of carbonyl (C=O) groups excluding carboxylic acids is 2. The molecular weight excluding hydrogens is 376 g/mol. The lowest BCUT2D eigenvalue weighted by atomic mass is 9.43. The van der Waals surface area contributed by atoms with E-state index in [9.17, 15) is 9.59 Å². The van der Waals surface area contributed by atoms with Gasteiger partial charge >= 0.3 is 11.9 Å². The van der Waals surface area contributed by atoms with Crippen molar-refractivity contribution in [3.63, 3.8) is 0 Å². The minimum atomic E-state index is -0.609. The van der Waals surface area contributed by atoms with E-state index in [0.29, 0.717) is 29.6 Å². The van der Waals surface area contributed by atoms with Crippen LogP contribution < -0.4 is 0 Å². The maximum atomic E-state index is 13.2. The van der Waals surface area contributed by atoms with Gasteiger partial charge in [-0.3, -0.25) is 9.59 Å². The molecule has 4 heteroatoms. The Morgan fingerprint density at radius 1 is 0.967 bits per heavy atom. The van der Waals surface area contributed by atoms with Crippen molar-refractivity contribution in [3.05, 3.63) is 0 Å². The fourth-order valence-corrected chi connectivity index (χ4v) is 7.30. The van der Waals surface area contributed by atoms with Gasteiger partial charge in [0.2, 0.25) is 0 Å². The van der Waals surface area contributed by atoms with Crippen LogP contribution in [0.2, 0.25) is 0 Å². The van der Waals surface area contributed by atoms with Crippen LogP contribution in [0.5, 0.6) is 0 Å². The van der Waals surface area contributed by atoms with E-state index < -0.39 is 11.0 Å². The Balaban J connectivity index is 1.62. The second-order valence-electron chi connectivity index (χ2n) is 13.3. The fourth-order valence-electron chi connectivity index (χ4n) is 7.30. The standard InChI is InChI=1S/C26H44O4/c1-9-19(10-11-23(5,6)21(28)30-22(2,3)4)20(27)29-26-14-18-12-24(7,16-26)15-25(8,13-18)17-26/h18-19H,9-17H2,1-8H3. The van der Waals surface area contributed by atoms with E-state index in [1.165, 1.54) is 19.3 Å². The molecule has 30 heavy (non-hydrogen) atoms. The molecule has 0 aliphatic heterocycles. The largest absolute Gasteiger partial charge is 0.460 e. The van der Waals surface area contributed by atoms with Gasteiger partial charge in [0.05, 0.1) is 11.3 Å². The van der Waals surface area contributed by atoms with Gasteiger partial charge in [-0.05, 0) is 109 Å². The highest BCUT2D eigenvalue weighted by atomic mass is 16.6. The highest BCUT2D eigenvalue weighted by molar-refractivity contribution is 5.77. The first-order chi connectivity index (χ1) is 13.6. The molecule has 4 saturated carbocycles. The van der Waals surface area contributed by atoms with Gasteiger partial charge in [-0.15, -0.1) is 0 Å². The van der Waals surface area contributed by atoms with Crippen molar-refractivity contribution in [3.8, 4) is 0 Å². The van der Waals surface area contributed by atoms with E-state index in [2.05, 4.69) is 20.8 Å². The average molecular weight is 421 g/mol. The molecule has 0 aromatic heterocycles. The summed E-state index contributed by atoms with van der Waals surface area (Å²) in [6.07, 6.45) is 9.00. The molecule has 0 saturated heterocycles. The molecule has 3 unspecified atom stereocenters. The normalized spacial score (nSPS) is 36.5. The second-order valence-corrected chi connectivity index (χ2v) is 13.3. The summed E-state index contributed by atoms with van der Waals surface area (Å²) in [5, 5.41) is 0. The topological polar surface area (TPSA) is 52.6 Å². The summed E-state index contributed by atoms with van der Waals surface area (Å²) >= 11 is 0. The van der Waals surface area contributed by atoms with Crippen LogP contribution in [0.4, 0.5) is 0 Å². The first-order valence-corrected chi connectivity index (χ1v) is 12.0. The molecule has 0 radical (unpaired) electrons. The third-order valence-corrected chi connectivity index (χ3v) is 7.79. The Bertz CT molecular complexity index is 668. The van der Waals surface area contributed by atoms with Gasteiger partial charge in [-0.1, -0.05) is 20.8 Å². The molecule has 0 spiro atoms. The highest BCUT2D eigenvalue weighted by Crippen LogP contribution is 2.67. The van der Waals surface area contributed by atoms with E-state index in [4.69, 9.17) is 9.47 Å². The average Bonchev–Trinajstić information content (AvgIpc) is 2.49. The number of esters is 2. The molecule has 0 aromatic carbocycles. The van der Waals surface area contributed by atoms with Gasteiger partial charge in [0, 0.05) is 0 Å². The Kier molecular flexibility index (Phi) is 5.91. The van der Waals surface area contributed by atoms with Gasteiger partial charge in [-0.2, -0.15) is 0 Å². The molecule has 4 fully saturated rings. The van der Waals surface area contributed by atoms with Gasteiger partial charge in [0.1, 0.15) is 11.2 Å². The van der Waals surface area contributed by atoms with Crippen LogP contribution >= 0.6 is 0 Å². The van der Waals surface area contributed by atoms with Gasteiger partial charge in [0.25, 0.3) is 0 Å². The smallest absolute Gasteiger partial charge is 0.312 e. The summed E-state index contributed by atoms with van der Waals surface area (Å²) in [6, 6.07) is 0. The zero-order valence-corrected chi connectivity index (χ0v) is 20.7. The van der Waals surface area contributed by atoms with Gasteiger partial charge in [-0.25, -0.2) is 0 Å². The van der Waals surface area contributed by atoms with Gasteiger partial charge < -0.3 is 9.47 Å². The summed E-state index contributed by atoms with van der Waals surface area (Å²) < 4.78 is 12.0. The number of hydrogen-bond donors (Lipinski definition) is 0. The summed E-state index contributed by atoms with van der Waals surface area (Å²) in [7, 11) is 0. The number of hydrogen-bond acceptors (Lipinski definition) is 4. The van der Waals surface area contributed by atoms with Crippen molar-refractivity contribution in [2.45, 2.75) is 124 Å². The van der Waals surface area contributed by atoms with E-state index in [1.807, 2.05) is 34.6 Å². The van der Waals surface area contributed by atoms with Crippen molar-refractivity contribution in [1.29, 1.82) is 0 Å². The van der Waals surface area contributed by atoms with E-state index in [1.54, 1.807) is 0 Å². The van der Waals surface area contributed by atoms with Crippen molar-refractivity contribution >= 4 is 11.9 Å². The second kappa shape index (κ2) is 7.52. The molecule has 4 rings (SSSR count). The minimum absolute atomic E-state index is 0.0494. The Hall–Kier alpha value is -1.06. The first kappa shape index (κ1) is 23.6. The molecule has 0 N–H and O–H groups in total. The highest BCUT2D eigenvalue weighted by Gasteiger charge is 2.62. The number of ether oxygens (including phenoxy) is 2. The summed E-state index contributed by atoms with van der Waals surface area (Å²) in [5.74, 6) is 0.308. The molecular formula is C26H44O4. The third-order valence-electron chi connectivity index (χ3n) is 7.79. The van der Waals surface area contributed by atoms with E-state index in [-0.39, 0.29) is 23.5 Å². The summed E-state index contributed by atoms with van der Waals surface area (Å²) in [6.45, 7) is 16.4. The van der Waals surface area contributed by atoms with E-state index >= 15 is 0 Å². The van der Waals surface area contributed by atoms with Crippen LogP contribution in [0.1, 0.15) is 113 Å². The van der Waals surface area contributed by atoms with Crippen LogP contribution in [0.15, 0.2) is 0 Å². The molecule has 0 aromatic rings. The van der Waals surface area contributed by atoms with Crippen LogP contribution in [0.3, 0.4) is 0 Å². The van der Waals surface area contributed by atoms with Gasteiger partial charge in [0.15, 0.2) is 0 Å². The third kappa shape index (κ3) is 5.05. The van der Waals surface area contributed by atoms with Crippen LogP contribution in [-0.4, -0.2) is 23.1 Å². The molecule has 0 amide bonds. The van der Waals surface area contributed by atoms with E-state index in [0.717, 1.165) is 25.7 Å². The maximum Gasteiger partial charge on any atom is 0.312 e. The fraction of sp³-hybridized carbons (Fsp3) is 0.923. The first-order valence-electron chi connectivity index (χ1n) is 12.0. The summed E-state index contributed by atoms with van der Waals surface area (Å²) in [5.41, 5.74) is -0.706. The molecule has 4 nitrogen and oxygen atoms in total. The van der Waals surface area contributed by atoms with Crippen molar-refractivity contribution in [2.75, 3.05) is 0 Å². The predicted octanol–water partition coefficient (Wildman–Crippen LogP) is 6.45. The summed E-state index contributed by atoms with van der Waals surface area (Å²) in [4.78, 5) is 25.8. The Morgan fingerprint density at radius 2 is 1.53 bits per heavy atom. The predicted molar refractivity (Wildman–Crippen MR) is 119 cm³/mol. The lowest BCUT2D eigenvalue weighted by Crippen LogP contribution is -2.60. The van der Waals surface area contributed by atoms with Crippen molar-refractivity contribution in [1.82, 2.24) is 0 Å². The zero-order chi connectivity index (χ0) is 22.6. The maximum absolute atomic E-state index is 13.2. The van der Waals surface area contributed by atoms with Crippen LogP contribution in [0.25, 0.3) is 0 Å². The monoisotopic (exact) mass is 420 g/mol. The quantitative estimate of drug-likeness (QED) is 0.444. The molecule has 4 bridgehead atoms. The van der Waals surface area contributed by atoms with Crippen molar-refractivity contribution < 1.29 is 19.1 Å². The molecule has 4 aliphatic carbocycles. The number of carbonyl (C=O) groups is 2. The molecule has 4 aliphatic rings. The molecule has 3 atom stereocenters. The van der Waals surface area contributed by atoms with Crippen molar-refractivity contribution in [2.24, 2.45) is 28.1 Å². The lowest BCUT2D eigenvalue weighted by Gasteiger charge is -2.64. The Morgan fingerprint density at radius 3 is 2.00 bits per heavy atom.